The lowest BCUT2D eigenvalue weighted by molar-refractivity contribution is -0.140. The Balaban J connectivity index is 1.56. The number of aliphatic hydroxyl groups is 1. The second-order valence-corrected chi connectivity index (χ2v) is 6.79. The van der Waals surface area contributed by atoms with Crippen LogP contribution >= 0.6 is 0 Å². The molecule has 140 valence electrons. The fourth-order valence-corrected chi connectivity index (χ4v) is 3.31. The van der Waals surface area contributed by atoms with Crippen molar-refractivity contribution in [1.29, 1.82) is 0 Å². The summed E-state index contributed by atoms with van der Waals surface area (Å²) in [6, 6.07) is 7.76. The highest BCUT2D eigenvalue weighted by molar-refractivity contribution is 5.82. The topological polar surface area (TPSA) is 98.3 Å². The van der Waals surface area contributed by atoms with Crippen molar-refractivity contribution in [3.8, 4) is 0 Å². The number of benzene rings is 1. The number of para-hydroxylation sites is 2. The number of H-pyrrole nitrogens is 1. The molecule has 1 aliphatic heterocycles. The third kappa shape index (κ3) is 4.22. The SMILES string of the molecule is CCCNC(=O)[C@H]1CN(C(=O)CCc2nc3ccccc3[nH]2)CC[C@H]1O. The molecule has 0 unspecified atom stereocenters. The summed E-state index contributed by atoms with van der Waals surface area (Å²) in [5, 5.41) is 12.9. The van der Waals surface area contributed by atoms with E-state index in [0.717, 1.165) is 23.3 Å². The number of hydrogen-bond acceptors (Lipinski definition) is 4. The number of fused-ring (bicyclic) bond motifs is 1. The summed E-state index contributed by atoms with van der Waals surface area (Å²) in [6.45, 7) is 3.32. The van der Waals surface area contributed by atoms with Crippen LogP contribution in [0.1, 0.15) is 32.0 Å². The zero-order valence-corrected chi connectivity index (χ0v) is 15.1. The van der Waals surface area contributed by atoms with E-state index in [-0.39, 0.29) is 18.4 Å². The molecule has 0 aliphatic carbocycles. The van der Waals surface area contributed by atoms with E-state index in [4.69, 9.17) is 0 Å². The molecule has 1 aromatic carbocycles. The standard InChI is InChI=1S/C19H26N4O3/c1-2-10-20-19(26)13-12-23(11-9-16(13)24)18(25)8-7-17-21-14-5-3-4-6-15(14)22-17/h3-6,13,16,24H,2,7-12H2,1H3,(H,20,26)(H,21,22)/t13-,16+/m0/s1. The summed E-state index contributed by atoms with van der Waals surface area (Å²) in [7, 11) is 0. The van der Waals surface area contributed by atoms with E-state index < -0.39 is 12.0 Å². The number of carbonyl (C=O) groups excluding carboxylic acids is 2. The fourth-order valence-electron chi connectivity index (χ4n) is 3.31. The molecule has 0 bridgehead atoms. The average Bonchev–Trinajstić information content (AvgIpc) is 3.07. The molecule has 1 saturated heterocycles. The number of rotatable bonds is 6. The number of aryl methyl sites for hydroxylation is 1. The summed E-state index contributed by atoms with van der Waals surface area (Å²) in [5.41, 5.74) is 1.85. The maximum atomic E-state index is 12.5. The van der Waals surface area contributed by atoms with E-state index in [1.54, 1.807) is 4.90 Å². The Morgan fingerprint density at radius 3 is 2.96 bits per heavy atom. The Bertz CT molecular complexity index is 740. The molecule has 1 aromatic heterocycles. The van der Waals surface area contributed by atoms with Crippen LogP contribution in [-0.2, 0) is 16.0 Å². The minimum absolute atomic E-state index is 0.00866. The first-order valence-electron chi connectivity index (χ1n) is 9.25. The van der Waals surface area contributed by atoms with Crippen LogP contribution in [0.15, 0.2) is 24.3 Å². The summed E-state index contributed by atoms with van der Waals surface area (Å²) in [4.78, 5) is 34.1. The maximum Gasteiger partial charge on any atom is 0.227 e. The van der Waals surface area contributed by atoms with Crippen LogP contribution in [-0.4, -0.2) is 57.5 Å². The van der Waals surface area contributed by atoms with Crippen LogP contribution in [0.5, 0.6) is 0 Å². The molecule has 3 rings (SSSR count). The van der Waals surface area contributed by atoms with Crippen molar-refractivity contribution in [2.75, 3.05) is 19.6 Å². The molecule has 1 aliphatic rings. The lowest BCUT2D eigenvalue weighted by Gasteiger charge is -2.35. The van der Waals surface area contributed by atoms with Gasteiger partial charge in [-0.3, -0.25) is 9.59 Å². The van der Waals surface area contributed by atoms with Gasteiger partial charge in [-0.15, -0.1) is 0 Å². The molecule has 7 nitrogen and oxygen atoms in total. The van der Waals surface area contributed by atoms with E-state index in [1.165, 1.54) is 0 Å². The van der Waals surface area contributed by atoms with Gasteiger partial charge < -0.3 is 20.3 Å². The van der Waals surface area contributed by atoms with Crippen molar-refractivity contribution in [1.82, 2.24) is 20.2 Å². The number of aliphatic hydroxyl groups excluding tert-OH is 1. The van der Waals surface area contributed by atoms with Gasteiger partial charge in [0.05, 0.1) is 23.1 Å². The van der Waals surface area contributed by atoms with Crippen LogP contribution in [0.4, 0.5) is 0 Å². The summed E-state index contributed by atoms with van der Waals surface area (Å²) < 4.78 is 0. The monoisotopic (exact) mass is 358 g/mol. The number of imidazole rings is 1. The smallest absolute Gasteiger partial charge is 0.227 e. The number of aromatic amines is 1. The molecule has 0 radical (unpaired) electrons. The van der Waals surface area contributed by atoms with Crippen LogP contribution in [0.25, 0.3) is 11.0 Å². The predicted molar refractivity (Wildman–Crippen MR) is 98.4 cm³/mol. The van der Waals surface area contributed by atoms with Crippen molar-refractivity contribution < 1.29 is 14.7 Å². The second-order valence-electron chi connectivity index (χ2n) is 6.79. The highest BCUT2D eigenvalue weighted by Crippen LogP contribution is 2.19. The number of nitrogens with one attached hydrogen (secondary N) is 2. The number of piperidine rings is 1. The van der Waals surface area contributed by atoms with Gasteiger partial charge in [0.15, 0.2) is 0 Å². The number of amides is 2. The number of likely N-dealkylation sites (tertiary alicyclic amines) is 1. The van der Waals surface area contributed by atoms with Crippen molar-refractivity contribution in [2.24, 2.45) is 5.92 Å². The molecule has 2 amide bonds. The fraction of sp³-hybridized carbons (Fsp3) is 0.526. The Morgan fingerprint density at radius 2 is 2.19 bits per heavy atom. The first-order chi connectivity index (χ1) is 12.6. The summed E-state index contributed by atoms with van der Waals surface area (Å²) in [6.07, 6.45) is 1.44. The van der Waals surface area contributed by atoms with Gasteiger partial charge in [-0.1, -0.05) is 19.1 Å². The average molecular weight is 358 g/mol. The van der Waals surface area contributed by atoms with Gasteiger partial charge >= 0.3 is 0 Å². The minimum Gasteiger partial charge on any atom is -0.392 e. The first-order valence-corrected chi connectivity index (χ1v) is 9.25. The Kier molecular flexibility index (Phi) is 5.88. The normalized spacial score (nSPS) is 20.3. The number of hydrogen-bond donors (Lipinski definition) is 3. The van der Waals surface area contributed by atoms with Crippen molar-refractivity contribution in [3.63, 3.8) is 0 Å². The van der Waals surface area contributed by atoms with Gasteiger partial charge in [0.25, 0.3) is 0 Å². The number of nitrogens with zero attached hydrogens (tertiary/aromatic N) is 2. The Labute approximate surface area is 152 Å². The van der Waals surface area contributed by atoms with Gasteiger partial charge in [0.1, 0.15) is 5.82 Å². The Hall–Kier alpha value is -2.41. The quantitative estimate of drug-likeness (QED) is 0.723. The molecular formula is C19H26N4O3. The summed E-state index contributed by atoms with van der Waals surface area (Å²) in [5.74, 6) is 0.0547. The lowest BCUT2D eigenvalue weighted by atomic mass is 9.93. The highest BCUT2D eigenvalue weighted by Gasteiger charge is 2.34. The lowest BCUT2D eigenvalue weighted by Crippen LogP contribution is -2.51. The van der Waals surface area contributed by atoms with Gasteiger partial charge in [0, 0.05) is 32.5 Å². The molecule has 0 saturated carbocycles. The number of carbonyl (C=O) groups is 2. The molecule has 7 heteroatoms. The maximum absolute atomic E-state index is 12.5. The van der Waals surface area contributed by atoms with Gasteiger partial charge in [-0.25, -0.2) is 4.98 Å². The Morgan fingerprint density at radius 1 is 1.38 bits per heavy atom. The predicted octanol–water partition coefficient (Wildman–Crippen LogP) is 1.23. The minimum atomic E-state index is -0.689. The van der Waals surface area contributed by atoms with Crippen LogP contribution in [0.3, 0.4) is 0 Å². The van der Waals surface area contributed by atoms with E-state index >= 15 is 0 Å². The highest BCUT2D eigenvalue weighted by atomic mass is 16.3. The molecule has 1 fully saturated rings. The van der Waals surface area contributed by atoms with Crippen molar-refractivity contribution >= 4 is 22.8 Å². The van der Waals surface area contributed by atoms with E-state index in [9.17, 15) is 14.7 Å². The molecule has 3 N–H and O–H groups in total. The molecule has 2 heterocycles. The number of aromatic nitrogens is 2. The molecule has 26 heavy (non-hydrogen) atoms. The summed E-state index contributed by atoms with van der Waals surface area (Å²) >= 11 is 0. The third-order valence-electron chi connectivity index (χ3n) is 4.83. The van der Waals surface area contributed by atoms with Gasteiger partial charge in [-0.05, 0) is 25.0 Å². The van der Waals surface area contributed by atoms with E-state index in [0.29, 0.717) is 32.4 Å². The van der Waals surface area contributed by atoms with E-state index in [1.807, 2.05) is 31.2 Å². The second kappa shape index (κ2) is 8.31. The van der Waals surface area contributed by atoms with Crippen LogP contribution in [0.2, 0.25) is 0 Å². The molecular weight excluding hydrogens is 332 g/mol. The zero-order chi connectivity index (χ0) is 18.5. The van der Waals surface area contributed by atoms with E-state index in [2.05, 4.69) is 15.3 Å². The largest absolute Gasteiger partial charge is 0.392 e. The van der Waals surface area contributed by atoms with Crippen molar-refractivity contribution in [3.05, 3.63) is 30.1 Å². The molecule has 2 aromatic rings. The van der Waals surface area contributed by atoms with Gasteiger partial charge in [-0.2, -0.15) is 0 Å². The van der Waals surface area contributed by atoms with Crippen molar-refractivity contribution in [2.45, 2.75) is 38.7 Å². The molecule has 2 atom stereocenters. The first kappa shape index (κ1) is 18.4. The molecule has 0 spiro atoms. The third-order valence-corrected chi connectivity index (χ3v) is 4.83. The van der Waals surface area contributed by atoms with Crippen LogP contribution in [0, 0.1) is 5.92 Å². The zero-order valence-electron chi connectivity index (χ0n) is 15.1. The van der Waals surface area contributed by atoms with Crippen LogP contribution < -0.4 is 5.32 Å². The van der Waals surface area contributed by atoms with Gasteiger partial charge in [0.2, 0.25) is 11.8 Å².